The van der Waals surface area contributed by atoms with Gasteiger partial charge in [0.25, 0.3) is 0 Å². The molecule has 0 aliphatic rings. The average Bonchev–Trinajstić information content (AvgIpc) is 2.60. The molecule has 0 aromatic heterocycles. The van der Waals surface area contributed by atoms with Gasteiger partial charge >= 0.3 is 0 Å². The fourth-order valence-corrected chi connectivity index (χ4v) is 2.23. The summed E-state index contributed by atoms with van der Waals surface area (Å²) in [5.41, 5.74) is 9.00. The highest BCUT2D eigenvalue weighted by molar-refractivity contribution is 5.92. The molecule has 0 aliphatic heterocycles. The van der Waals surface area contributed by atoms with Crippen LogP contribution in [0.3, 0.4) is 0 Å². The number of guanidine groups is 1. The Hall–Kier alpha value is -2.53. The summed E-state index contributed by atoms with van der Waals surface area (Å²) in [5, 5.41) is 3.13. The van der Waals surface area contributed by atoms with Gasteiger partial charge in [0.2, 0.25) is 0 Å². The molecule has 0 heterocycles. The van der Waals surface area contributed by atoms with E-state index in [9.17, 15) is 0 Å². The molecule has 0 saturated carbocycles. The van der Waals surface area contributed by atoms with Crippen LogP contribution in [0.1, 0.15) is 24.5 Å². The Bertz CT molecular complexity index is 671. The van der Waals surface area contributed by atoms with E-state index in [4.69, 9.17) is 15.2 Å². The van der Waals surface area contributed by atoms with Crippen LogP contribution in [0.15, 0.2) is 53.5 Å². The van der Waals surface area contributed by atoms with Gasteiger partial charge in [0.05, 0.1) is 19.8 Å². The zero-order valence-electron chi connectivity index (χ0n) is 14.3. The molecule has 5 heteroatoms. The summed E-state index contributed by atoms with van der Waals surface area (Å²) < 4.78 is 10.8. The second-order valence-electron chi connectivity index (χ2n) is 5.41. The number of nitrogens with zero attached hydrogens (tertiary/aromatic N) is 1. The van der Waals surface area contributed by atoms with Crippen molar-refractivity contribution in [2.45, 2.75) is 26.5 Å². The molecule has 0 bridgehead atoms. The number of hydrogen-bond acceptors (Lipinski definition) is 3. The van der Waals surface area contributed by atoms with E-state index in [-0.39, 0.29) is 0 Å². The first kappa shape index (κ1) is 17.8. The lowest BCUT2D eigenvalue weighted by molar-refractivity contribution is 0.185. The van der Waals surface area contributed by atoms with Crippen LogP contribution in [0.5, 0.6) is 5.75 Å². The molecule has 5 nitrogen and oxygen atoms in total. The molecule has 0 radical (unpaired) electrons. The molecule has 0 aliphatic carbocycles. The van der Waals surface area contributed by atoms with Crippen molar-refractivity contribution >= 4 is 11.6 Å². The van der Waals surface area contributed by atoms with Crippen LogP contribution >= 0.6 is 0 Å². The molecule has 2 rings (SSSR count). The molecule has 2 aromatic rings. The van der Waals surface area contributed by atoms with Crippen molar-refractivity contribution in [3.8, 4) is 5.75 Å². The summed E-state index contributed by atoms with van der Waals surface area (Å²) >= 11 is 0. The summed E-state index contributed by atoms with van der Waals surface area (Å²) in [7, 11) is 1.67. The predicted molar refractivity (Wildman–Crippen MR) is 98.3 cm³/mol. The molecule has 0 spiro atoms. The van der Waals surface area contributed by atoms with Crippen molar-refractivity contribution < 1.29 is 9.47 Å². The fourth-order valence-electron chi connectivity index (χ4n) is 2.23. The molecule has 3 N–H and O–H groups in total. The van der Waals surface area contributed by atoms with Crippen LogP contribution in [0.2, 0.25) is 0 Å². The van der Waals surface area contributed by atoms with Crippen molar-refractivity contribution in [3.05, 3.63) is 59.7 Å². The third kappa shape index (κ3) is 5.59. The maximum atomic E-state index is 6.00. The molecule has 0 saturated heterocycles. The van der Waals surface area contributed by atoms with Gasteiger partial charge in [-0.1, -0.05) is 37.3 Å². The first-order valence-electron chi connectivity index (χ1n) is 8.08. The van der Waals surface area contributed by atoms with E-state index < -0.39 is 0 Å². The third-order valence-electron chi connectivity index (χ3n) is 3.38. The minimum atomic E-state index is 0.374. The van der Waals surface area contributed by atoms with E-state index in [2.05, 4.69) is 17.2 Å². The summed E-state index contributed by atoms with van der Waals surface area (Å²) in [6, 6.07) is 15.8. The predicted octanol–water partition coefficient (Wildman–Crippen LogP) is 3.55. The number of methoxy groups -OCH3 is 1. The van der Waals surface area contributed by atoms with Gasteiger partial charge in [-0.15, -0.1) is 0 Å². The lowest BCUT2D eigenvalue weighted by Gasteiger charge is -2.11. The highest BCUT2D eigenvalue weighted by atomic mass is 16.5. The van der Waals surface area contributed by atoms with Crippen molar-refractivity contribution in [1.82, 2.24) is 0 Å². The number of aliphatic imine (C=N–C) groups is 1. The lowest BCUT2D eigenvalue weighted by atomic mass is 10.2. The minimum Gasteiger partial charge on any atom is -0.494 e. The number of anilines is 1. The van der Waals surface area contributed by atoms with Gasteiger partial charge in [0.1, 0.15) is 5.75 Å². The van der Waals surface area contributed by atoms with E-state index in [0.717, 1.165) is 29.0 Å². The molecule has 0 atom stereocenters. The van der Waals surface area contributed by atoms with Crippen molar-refractivity contribution in [2.75, 3.05) is 19.0 Å². The van der Waals surface area contributed by atoms with Gasteiger partial charge in [-0.3, -0.25) is 0 Å². The topological polar surface area (TPSA) is 68.9 Å². The average molecular weight is 327 g/mol. The zero-order valence-corrected chi connectivity index (χ0v) is 14.3. The van der Waals surface area contributed by atoms with Gasteiger partial charge in [0, 0.05) is 18.4 Å². The number of nitrogens with one attached hydrogen (secondary N) is 1. The van der Waals surface area contributed by atoms with Gasteiger partial charge in [-0.25, -0.2) is 4.99 Å². The largest absolute Gasteiger partial charge is 0.494 e. The lowest BCUT2D eigenvalue weighted by Crippen LogP contribution is -2.23. The first-order chi connectivity index (χ1) is 11.7. The van der Waals surface area contributed by atoms with Gasteiger partial charge in [-0.2, -0.15) is 0 Å². The summed E-state index contributed by atoms with van der Waals surface area (Å²) in [6.45, 7) is 3.82. The van der Waals surface area contributed by atoms with Crippen molar-refractivity contribution in [1.29, 1.82) is 0 Å². The van der Waals surface area contributed by atoms with Crippen LogP contribution in [0.25, 0.3) is 0 Å². The SMILES string of the molecule is CCCOc1cccc(CN=C(N)Nc2ccccc2COC)c1. The third-order valence-corrected chi connectivity index (χ3v) is 3.38. The zero-order chi connectivity index (χ0) is 17.2. The highest BCUT2D eigenvalue weighted by Crippen LogP contribution is 2.16. The number of benzene rings is 2. The molecular formula is C19H25N3O2. The molecule has 128 valence electrons. The normalized spacial score (nSPS) is 11.3. The van der Waals surface area contributed by atoms with E-state index >= 15 is 0 Å². The number of nitrogens with two attached hydrogens (primary N) is 1. The summed E-state index contributed by atoms with van der Waals surface area (Å²) in [5.74, 6) is 1.24. The minimum absolute atomic E-state index is 0.374. The molecule has 0 unspecified atom stereocenters. The van der Waals surface area contributed by atoms with Crippen molar-refractivity contribution in [2.24, 2.45) is 10.7 Å². The monoisotopic (exact) mass is 327 g/mol. The van der Waals surface area contributed by atoms with E-state index in [1.807, 2.05) is 48.5 Å². The van der Waals surface area contributed by atoms with Gasteiger partial charge in [0.15, 0.2) is 5.96 Å². The Morgan fingerprint density at radius 1 is 1.17 bits per heavy atom. The number of hydrogen-bond donors (Lipinski definition) is 2. The molecule has 24 heavy (non-hydrogen) atoms. The Labute approximate surface area is 143 Å². The molecule has 2 aromatic carbocycles. The smallest absolute Gasteiger partial charge is 0.193 e. The number of para-hydroxylation sites is 1. The van der Waals surface area contributed by atoms with Gasteiger partial charge in [-0.05, 0) is 30.2 Å². The van der Waals surface area contributed by atoms with Gasteiger partial charge < -0.3 is 20.5 Å². The summed E-state index contributed by atoms with van der Waals surface area (Å²) in [6.07, 6.45) is 0.986. The number of ether oxygens (including phenoxy) is 2. The maximum absolute atomic E-state index is 6.00. The Morgan fingerprint density at radius 2 is 2.00 bits per heavy atom. The molecular weight excluding hydrogens is 302 g/mol. The first-order valence-corrected chi connectivity index (χ1v) is 8.08. The maximum Gasteiger partial charge on any atom is 0.193 e. The van der Waals surface area contributed by atoms with Crippen LogP contribution in [0.4, 0.5) is 5.69 Å². The Balaban J connectivity index is 1.99. The Kier molecular flexibility index (Phi) is 7.11. The van der Waals surface area contributed by atoms with E-state index in [0.29, 0.717) is 25.7 Å². The molecule has 0 fully saturated rings. The number of rotatable bonds is 8. The second kappa shape index (κ2) is 9.57. The molecule has 0 amide bonds. The quantitative estimate of drug-likeness (QED) is 0.575. The van der Waals surface area contributed by atoms with E-state index in [1.54, 1.807) is 7.11 Å². The second-order valence-corrected chi connectivity index (χ2v) is 5.41. The fraction of sp³-hybridized carbons (Fsp3) is 0.316. The van der Waals surface area contributed by atoms with E-state index in [1.165, 1.54) is 0 Å². The summed E-state index contributed by atoms with van der Waals surface area (Å²) in [4.78, 5) is 4.40. The van der Waals surface area contributed by atoms with Crippen molar-refractivity contribution in [3.63, 3.8) is 0 Å². The van der Waals surface area contributed by atoms with Crippen LogP contribution in [-0.2, 0) is 17.9 Å². The standard InChI is InChI=1S/C19H25N3O2/c1-3-11-24-17-9-6-7-15(12-17)13-21-19(20)22-18-10-5-4-8-16(18)14-23-2/h4-10,12H,3,11,13-14H2,1-2H3,(H3,20,21,22). The van der Waals surface area contributed by atoms with Crippen LogP contribution in [-0.4, -0.2) is 19.7 Å². The highest BCUT2D eigenvalue weighted by Gasteiger charge is 2.03. The van der Waals surface area contributed by atoms with Crippen LogP contribution < -0.4 is 15.8 Å². The van der Waals surface area contributed by atoms with Crippen LogP contribution in [0, 0.1) is 0 Å². The Morgan fingerprint density at radius 3 is 2.79 bits per heavy atom.